The number of hydrogen-bond donors (Lipinski definition) is 1. The number of aromatic nitrogens is 1. The molecule has 0 aromatic carbocycles. The predicted octanol–water partition coefficient (Wildman–Crippen LogP) is 3.61. The SMILES string of the molecule is Cn1cccc1[C@H]1CCCCCN1C(=S)NCc1ccco1. The summed E-state index contributed by atoms with van der Waals surface area (Å²) in [6, 6.07) is 8.54. The summed E-state index contributed by atoms with van der Waals surface area (Å²) in [5, 5.41) is 4.17. The van der Waals surface area contributed by atoms with E-state index in [1.807, 2.05) is 12.1 Å². The maximum atomic E-state index is 5.67. The molecule has 5 heteroatoms. The first kappa shape index (κ1) is 15.2. The van der Waals surface area contributed by atoms with Crippen molar-refractivity contribution in [2.45, 2.75) is 38.3 Å². The molecular weight excluding hydrogens is 294 g/mol. The summed E-state index contributed by atoms with van der Waals surface area (Å²) in [4.78, 5) is 2.35. The minimum atomic E-state index is 0.360. The Hall–Kier alpha value is -1.75. The van der Waals surface area contributed by atoms with Crippen molar-refractivity contribution >= 4 is 17.3 Å². The number of nitrogens with zero attached hydrogens (tertiary/aromatic N) is 2. The fraction of sp³-hybridized carbons (Fsp3) is 0.471. The van der Waals surface area contributed by atoms with Crippen LogP contribution in [0.1, 0.15) is 43.2 Å². The van der Waals surface area contributed by atoms with E-state index in [0.29, 0.717) is 12.6 Å². The quantitative estimate of drug-likeness (QED) is 0.877. The van der Waals surface area contributed by atoms with E-state index in [4.69, 9.17) is 16.6 Å². The van der Waals surface area contributed by atoms with Crippen molar-refractivity contribution < 1.29 is 4.42 Å². The van der Waals surface area contributed by atoms with Gasteiger partial charge in [-0.15, -0.1) is 0 Å². The maximum Gasteiger partial charge on any atom is 0.169 e. The highest BCUT2D eigenvalue weighted by atomic mass is 32.1. The van der Waals surface area contributed by atoms with Crippen LogP contribution in [0.25, 0.3) is 0 Å². The lowest BCUT2D eigenvalue weighted by atomic mass is 10.1. The van der Waals surface area contributed by atoms with Gasteiger partial charge in [-0.05, 0) is 49.3 Å². The molecule has 2 aromatic heterocycles. The van der Waals surface area contributed by atoms with Gasteiger partial charge in [0.05, 0.1) is 18.8 Å². The fourth-order valence-electron chi connectivity index (χ4n) is 3.16. The molecule has 0 radical (unpaired) electrons. The van der Waals surface area contributed by atoms with E-state index < -0.39 is 0 Å². The summed E-state index contributed by atoms with van der Waals surface area (Å²) < 4.78 is 7.58. The van der Waals surface area contributed by atoms with Gasteiger partial charge in [0.1, 0.15) is 5.76 Å². The van der Waals surface area contributed by atoms with Gasteiger partial charge < -0.3 is 19.2 Å². The summed E-state index contributed by atoms with van der Waals surface area (Å²) in [6.07, 6.45) is 8.69. The number of nitrogens with one attached hydrogen (secondary N) is 1. The van der Waals surface area contributed by atoms with Crippen LogP contribution in [0.4, 0.5) is 0 Å². The third kappa shape index (κ3) is 3.35. The Bertz CT molecular complexity index is 605. The number of furan rings is 1. The predicted molar refractivity (Wildman–Crippen MR) is 91.5 cm³/mol. The lowest BCUT2D eigenvalue weighted by molar-refractivity contribution is 0.305. The second-order valence-electron chi connectivity index (χ2n) is 5.84. The van der Waals surface area contributed by atoms with Crippen LogP contribution in [0.15, 0.2) is 41.1 Å². The van der Waals surface area contributed by atoms with Crippen LogP contribution in [-0.2, 0) is 13.6 Å². The van der Waals surface area contributed by atoms with Gasteiger partial charge in [0, 0.05) is 25.5 Å². The van der Waals surface area contributed by atoms with Crippen LogP contribution in [-0.4, -0.2) is 21.1 Å². The van der Waals surface area contributed by atoms with Crippen molar-refractivity contribution in [3.8, 4) is 0 Å². The van der Waals surface area contributed by atoms with Gasteiger partial charge in [0.15, 0.2) is 5.11 Å². The Labute approximate surface area is 137 Å². The number of rotatable bonds is 3. The molecule has 1 atom stereocenters. The first-order valence-corrected chi connectivity index (χ1v) is 8.34. The monoisotopic (exact) mass is 317 g/mol. The molecule has 3 rings (SSSR count). The van der Waals surface area contributed by atoms with Crippen molar-refractivity contribution in [1.29, 1.82) is 0 Å². The van der Waals surface area contributed by atoms with Crippen molar-refractivity contribution in [3.63, 3.8) is 0 Å². The standard InChI is InChI=1S/C17H23N3OS/c1-19-10-5-9-15(19)16-8-3-2-4-11-20(16)17(22)18-13-14-7-6-12-21-14/h5-7,9-10,12,16H,2-4,8,11,13H2,1H3,(H,18,22)/t16-/m1/s1. The zero-order valence-corrected chi connectivity index (χ0v) is 13.8. The minimum Gasteiger partial charge on any atom is -0.467 e. The van der Waals surface area contributed by atoms with Crippen LogP contribution in [0.5, 0.6) is 0 Å². The van der Waals surface area contributed by atoms with Crippen LogP contribution >= 0.6 is 12.2 Å². The zero-order chi connectivity index (χ0) is 15.4. The zero-order valence-electron chi connectivity index (χ0n) is 13.0. The van der Waals surface area contributed by atoms with Crippen molar-refractivity contribution in [1.82, 2.24) is 14.8 Å². The Balaban J connectivity index is 1.72. The van der Waals surface area contributed by atoms with Gasteiger partial charge in [-0.25, -0.2) is 0 Å². The second kappa shape index (κ2) is 7.01. The Morgan fingerprint density at radius 1 is 1.32 bits per heavy atom. The molecule has 0 unspecified atom stereocenters. The van der Waals surface area contributed by atoms with Crippen LogP contribution in [0, 0.1) is 0 Å². The molecule has 2 aromatic rings. The van der Waals surface area contributed by atoms with E-state index in [2.05, 4.69) is 40.2 Å². The minimum absolute atomic E-state index is 0.360. The average Bonchev–Trinajstić information content (AvgIpc) is 3.12. The van der Waals surface area contributed by atoms with Gasteiger partial charge in [-0.1, -0.05) is 12.8 Å². The van der Waals surface area contributed by atoms with E-state index in [1.54, 1.807) is 6.26 Å². The van der Waals surface area contributed by atoms with E-state index in [9.17, 15) is 0 Å². The van der Waals surface area contributed by atoms with E-state index >= 15 is 0 Å². The molecule has 1 aliphatic rings. The Morgan fingerprint density at radius 2 is 2.23 bits per heavy atom. The average molecular weight is 317 g/mol. The highest BCUT2D eigenvalue weighted by Crippen LogP contribution is 2.30. The largest absolute Gasteiger partial charge is 0.467 e. The van der Waals surface area contributed by atoms with E-state index in [-0.39, 0.29) is 0 Å². The summed E-state index contributed by atoms with van der Waals surface area (Å²) in [5.74, 6) is 0.910. The first-order valence-electron chi connectivity index (χ1n) is 7.94. The summed E-state index contributed by atoms with van der Waals surface area (Å²) in [6.45, 7) is 1.65. The van der Waals surface area contributed by atoms with Crippen LogP contribution in [0.3, 0.4) is 0 Å². The molecule has 1 fully saturated rings. The Morgan fingerprint density at radius 3 is 2.95 bits per heavy atom. The molecule has 4 nitrogen and oxygen atoms in total. The molecule has 0 aliphatic carbocycles. The highest BCUT2D eigenvalue weighted by Gasteiger charge is 2.26. The van der Waals surface area contributed by atoms with Gasteiger partial charge in [0.2, 0.25) is 0 Å². The molecule has 3 heterocycles. The second-order valence-corrected chi connectivity index (χ2v) is 6.23. The van der Waals surface area contributed by atoms with Crippen molar-refractivity contribution in [3.05, 3.63) is 48.2 Å². The van der Waals surface area contributed by atoms with Crippen molar-refractivity contribution in [2.75, 3.05) is 6.54 Å². The molecule has 0 spiro atoms. The van der Waals surface area contributed by atoms with Gasteiger partial charge in [-0.3, -0.25) is 0 Å². The molecular formula is C17H23N3OS. The highest BCUT2D eigenvalue weighted by molar-refractivity contribution is 7.80. The van der Waals surface area contributed by atoms with Crippen molar-refractivity contribution in [2.24, 2.45) is 7.05 Å². The smallest absolute Gasteiger partial charge is 0.169 e. The first-order chi connectivity index (χ1) is 10.8. The number of aryl methyl sites for hydroxylation is 1. The molecule has 0 amide bonds. The molecule has 0 bridgehead atoms. The maximum absolute atomic E-state index is 5.67. The third-order valence-corrected chi connectivity index (χ3v) is 4.71. The van der Waals surface area contributed by atoms with E-state index in [1.165, 1.54) is 25.0 Å². The number of likely N-dealkylation sites (tertiary alicyclic amines) is 1. The summed E-state index contributed by atoms with van der Waals surface area (Å²) in [5.41, 5.74) is 1.34. The Kier molecular flexibility index (Phi) is 4.83. The molecule has 1 N–H and O–H groups in total. The topological polar surface area (TPSA) is 33.3 Å². The number of hydrogen-bond acceptors (Lipinski definition) is 2. The van der Waals surface area contributed by atoms with E-state index in [0.717, 1.165) is 23.8 Å². The molecule has 118 valence electrons. The normalized spacial score (nSPS) is 19.0. The summed E-state index contributed by atoms with van der Waals surface area (Å²) >= 11 is 5.67. The lowest BCUT2D eigenvalue weighted by Crippen LogP contribution is -2.42. The van der Waals surface area contributed by atoms with Gasteiger partial charge in [-0.2, -0.15) is 0 Å². The lowest BCUT2D eigenvalue weighted by Gasteiger charge is -2.33. The number of thiocarbonyl (C=S) groups is 1. The van der Waals surface area contributed by atoms with Gasteiger partial charge >= 0.3 is 0 Å². The van der Waals surface area contributed by atoms with Crippen LogP contribution < -0.4 is 5.32 Å². The molecule has 0 saturated carbocycles. The third-order valence-electron chi connectivity index (χ3n) is 4.33. The summed E-state index contributed by atoms with van der Waals surface area (Å²) in [7, 11) is 2.11. The molecule has 1 aliphatic heterocycles. The van der Waals surface area contributed by atoms with Gasteiger partial charge in [0.25, 0.3) is 0 Å². The van der Waals surface area contributed by atoms with Crippen LogP contribution in [0.2, 0.25) is 0 Å². The fourth-order valence-corrected chi connectivity index (χ4v) is 3.45. The molecule has 1 saturated heterocycles. The molecule has 22 heavy (non-hydrogen) atoms.